The van der Waals surface area contributed by atoms with Gasteiger partial charge in [-0.25, -0.2) is 0 Å². The highest BCUT2D eigenvalue weighted by molar-refractivity contribution is 7.97. The molecule has 0 aliphatic carbocycles. The molecule has 9 heteroatoms. The number of carbonyl (C=O) groups excluding carboxylic acids is 3. The van der Waals surface area contributed by atoms with Crippen LogP contribution in [0.3, 0.4) is 0 Å². The molecule has 0 saturated carbocycles. The van der Waals surface area contributed by atoms with Crippen molar-refractivity contribution in [1.29, 1.82) is 0 Å². The summed E-state index contributed by atoms with van der Waals surface area (Å²) in [6.45, 7) is 4.91. The van der Waals surface area contributed by atoms with Gasteiger partial charge in [-0.1, -0.05) is 20.8 Å². The molecule has 0 heterocycles. The van der Waals surface area contributed by atoms with Crippen molar-refractivity contribution in [3.8, 4) is 0 Å². The summed E-state index contributed by atoms with van der Waals surface area (Å²) in [5.41, 5.74) is 0. The Balaban J connectivity index is -0.000000244. The van der Waals surface area contributed by atoms with E-state index in [1.807, 2.05) is 0 Å². The maximum atomic E-state index is 10.4. The first-order valence-corrected chi connectivity index (χ1v) is 7.05. The molecule has 0 amide bonds. The monoisotopic (exact) mass is 346 g/mol. The summed E-state index contributed by atoms with van der Waals surface area (Å²) in [6, 6.07) is 0. The molecule has 0 spiro atoms. The fourth-order valence-corrected chi connectivity index (χ4v) is 0.557. The minimum atomic E-state index is -1.88. The maximum Gasteiger partial charge on any atom is 0.191 e. The number of hydrogen-bond donors (Lipinski definition) is 6. The van der Waals surface area contributed by atoms with E-state index < -0.39 is 23.4 Å². The van der Waals surface area contributed by atoms with Crippen LogP contribution in [0.2, 0.25) is 0 Å². The Kier molecular flexibility index (Phi) is 19.1. The lowest BCUT2D eigenvalue weighted by molar-refractivity contribution is -0.147. The van der Waals surface area contributed by atoms with E-state index in [2.05, 4.69) is 37.9 Å². The van der Waals surface area contributed by atoms with E-state index in [1.165, 1.54) is 6.92 Å². The predicted molar refractivity (Wildman–Crippen MR) is 86.0 cm³/mol. The van der Waals surface area contributed by atoms with Crippen LogP contribution >= 0.6 is 37.9 Å². The van der Waals surface area contributed by atoms with Crippen LogP contribution in [0.4, 0.5) is 0 Å². The first-order valence-electron chi connectivity index (χ1n) is 5.71. The summed E-state index contributed by atoms with van der Waals surface area (Å²) >= 11 is 10.3. The summed E-state index contributed by atoms with van der Waals surface area (Å²) in [7, 11) is 0. The number of hydrogen-bond acceptors (Lipinski definition) is 6. The van der Waals surface area contributed by atoms with Gasteiger partial charge in [-0.2, -0.15) is 0 Å². The first-order chi connectivity index (χ1) is 9.00. The molecule has 2 unspecified atom stereocenters. The van der Waals surface area contributed by atoms with Crippen molar-refractivity contribution in [3.63, 3.8) is 0 Å². The lowest BCUT2D eigenvalue weighted by atomic mass is 10.1. The van der Waals surface area contributed by atoms with Gasteiger partial charge in [0.15, 0.2) is 21.6 Å². The van der Waals surface area contributed by atoms with Crippen molar-refractivity contribution in [2.45, 2.75) is 46.0 Å². The van der Waals surface area contributed by atoms with Crippen molar-refractivity contribution >= 4 is 53.2 Å². The largest absolute Gasteiger partial charge is 0.387 e. The number of aliphatic hydroxyl groups is 3. The van der Waals surface area contributed by atoms with Crippen molar-refractivity contribution in [3.05, 3.63) is 0 Å². The molecule has 0 aliphatic heterocycles. The predicted octanol–water partition coefficient (Wildman–Crippen LogP) is 0.456. The van der Waals surface area contributed by atoms with Crippen molar-refractivity contribution in [2.24, 2.45) is 5.92 Å². The number of carbonyl (C=O) groups is 3. The van der Waals surface area contributed by atoms with E-state index >= 15 is 0 Å². The van der Waals surface area contributed by atoms with Gasteiger partial charge in [-0.3, -0.25) is 14.4 Å². The minimum Gasteiger partial charge on any atom is -0.387 e. The van der Waals surface area contributed by atoms with Gasteiger partial charge in [0.25, 0.3) is 0 Å². The van der Waals surface area contributed by atoms with Gasteiger partial charge in [0, 0.05) is 12.8 Å². The Morgan fingerprint density at radius 3 is 1.20 bits per heavy atom. The van der Waals surface area contributed by atoms with Gasteiger partial charge in [0.2, 0.25) is 0 Å². The molecule has 2 atom stereocenters. The van der Waals surface area contributed by atoms with Crippen molar-refractivity contribution in [2.75, 3.05) is 0 Å². The molecule has 0 aromatic heterocycles. The number of aliphatic hydroxyl groups excluding tert-OH is 2. The minimum absolute atomic E-state index is 0.0509. The Labute approximate surface area is 135 Å². The van der Waals surface area contributed by atoms with Gasteiger partial charge in [-0.15, -0.1) is 37.9 Å². The topological polar surface area (TPSA) is 112 Å². The molecular formula is C11H22O6S3. The number of thiol groups is 3. The molecule has 0 bridgehead atoms. The first kappa shape index (κ1) is 24.9. The van der Waals surface area contributed by atoms with Crippen LogP contribution in [0.5, 0.6) is 0 Å². The normalized spacial score (nSPS) is 12.3. The Morgan fingerprint density at radius 2 is 1.15 bits per heavy atom. The zero-order valence-electron chi connectivity index (χ0n) is 11.6. The lowest BCUT2D eigenvalue weighted by Crippen LogP contribution is -2.34. The third kappa shape index (κ3) is 20.3. The van der Waals surface area contributed by atoms with Crippen molar-refractivity contribution < 1.29 is 29.7 Å². The second-order valence-corrected chi connectivity index (χ2v) is 4.96. The average Bonchev–Trinajstić information content (AvgIpc) is 2.37. The highest BCUT2D eigenvalue weighted by Gasteiger charge is 2.24. The molecule has 0 aromatic rings. The molecule has 20 heavy (non-hydrogen) atoms. The quantitative estimate of drug-likeness (QED) is 0.319. The summed E-state index contributed by atoms with van der Waals surface area (Å²) in [4.78, 5) is 29.7. The van der Waals surface area contributed by atoms with Gasteiger partial charge < -0.3 is 15.3 Å². The van der Waals surface area contributed by atoms with E-state index in [0.717, 1.165) is 0 Å². The highest BCUT2D eigenvalue weighted by atomic mass is 32.1. The van der Waals surface area contributed by atoms with Crippen LogP contribution < -0.4 is 0 Å². The highest BCUT2D eigenvalue weighted by Crippen LogP contribution is 2.08. The molecule has 120 valence electrons. The van der Waals surface area contributed by atoms with Crippen LogP contribution in [-0.2, 0) is 14.4 Å². The Bertz CT molecular complexity index is 282. The molecule has 0 aromatic carbocycles. The van der Waals surface area contributed by atoms with Gasteiger partial charge >= 0.3 is 0 Å². The van der Waals surface area contributed by atoms with Gasteiger partial charge in [0.05, 0.1) is 5.92 Å². The van der Waals surface area contributed by atoms with Crippen LogP contribution in [-0.4, -0.2) is 43.1 Å². The molecular weight excluding hydrogens is 324 g/mol. The Morgan fingerprint density at radius 1 is 0.900 bits per heavy atom. The van der Waals surface area contributed by atoms with Crippen LogP contribution in [0, 0.1) is 5.92 Å². The molecule has 3 N–H and O–H groups in total. The SMILES string of the molecule is CC(C(=O)S)C(O)C(O)O.CCC(=O)S.CCC(=O)S. The molecule has 0 saturated heterocycles. The smallest absolute Gasteiger partial charge is 0.191 e. The molecule has 0 rings (SSSR count). The number of rotatable bonds is 5. The molecule has 6 nitrogen and oxygen atoms in total. The van der Waals surface area contributed by atoms with Gasteiger partial charge in [0.1, 0.15) is 6.10 Å². The van der Waals surface area contributed by atoms with Crippen LogP contribution in [0.25, 0.3) is 0 Å². The summed E-state index contributed by atoms with van der Waals surface area (Å²) in [6.07, 6.45) is -2.28. The lowest BCUT2D eigenvalue weighted by Gasteiger charge is -2.16. The second kappa shape index (κ2) is 15.3. The summed E-state index contributed by atoms with van der Waals surface area (Å²) in [5.74, 6) is -0.858. The Hall–Kier alpha value is -0.0600. The van der Waals surface area contributed by atoms with E-state index in [1.54, 1.807) is 13.8 Å². The molecule has 0 fully saturated rings. The molecule has 0 aliphatic rings. The van der Waals surface area contributed by atoms with E-state index in [9.17, 15) is 14.4 Å². The average molecular weight is 346 g/mol. The van der Waals surface area contributed by atoms with Crippen LogP contribution in [0.1, 0.15) is 33.6 Å². The van der Waals surface area contributed by atoms with Crippen molar-refractivity contribution in [1.82, 2.24) is 0 Å². The second-order valence-electron chi connectivity index (χ2n) is 3.53. The summed E-state index contributed by atoms with van der Waals surface area (Å²) < 4.78 is 0. The molecule has 0 radical (unpaired) electrons. The summed E-state index contributed by atoms with van der Waals surface area (Å²) in [5, 5.41) is 24.8. The van der Waals surface area contributed by atoms with E-state index in [4.69, 9.17) is 15.3 Å². The van der Waals surface area contributed by atoms with E-state index in [0.29, 0.717) is 12.8 Å². The zero-order valence-corrected chi connectivity index (χ0v) is 14.2. The fourth-order valence-electron chi connectivity index (χ4n) is 0.404. The van der Waals surface area contributed by atoms with Crippen LogP contribution in [0.15, 0.2) is 0 Å². The van der Waals surface area contributed by atoms with E-state index in [-0.39, 0.29) is 10.2 Å². The third-order valence-corrected chi connectivity index (χ3v) is 2.85. The fraction of sp³-hybridized carbons (Fsp3) is 0.727. The standard InChI is InChI=1S/C5H10O4S.2C3H6OS/c1-2(5(9)10)3(6)4(7)8;2*1-2-3(4)5/h2-4,6-8H,1H3,(H,9,10);2*2H2,1H3,(H,4,5). The maximum absolute atomic E-state index is 10.4. The van der Waals surface area contributed by atoms with Gasteiger partial charge in [-0.05, 0) is 0 Å². The zero-order chi connectivity index (χ0) is 16.9. The third-order valence-electron chi connectivity index (χ3n) is 1.81.